The number of nitrogens with zero attached hydrogens (tertiary/aromatic N) is 1. The maximum Gasteiger partial charge on any atom is 0.335 e. The number of carboxylic acids is 1. The van der Waals surface area contributed by atoms with Crippen LogP contribution in [0.25, 0.3) is 11.0 Å². The Morgan fingerprint density at radius 1 is 1.35 bits per heavy atom. The number of benzene rings is 1. The molecule has 1 aromatic heterocycles. The minimum absolute atomic E-state index is 0.0612. The Kier molecular flexibility index (Phi) is 3.35. The van der Waals surface area contributed by atoms with Crippen molar-refractivity contribution >= 4 is 22.9 Å². The minimum Gasteiger partial charge on any atom is -0.478 e. The molecule has 1 heterocycles. The van der Waals surface area contributed by atoms with Crippen LogP contribution < -0.4 is 11.4 Å². The topological polar surface area (TPSA) is 118 Å². The van der Waals surface area contributed by atoms with Gasteiger partial charge in [0.2, 0.25) is 5.91 Å². The van der Waals surface area contributed by atoms with Crippen LogP contribution in [0, 0.1) is 5.92 Å². The first kappa shape index (κ1) is 13.9. The van der Waals surface area contributed by atoms with Crippen LogP contribution >= 0.6 is 0 Å². The van der Waals surface area contributed by atoms with E-state index in [-0.39, 0.29) is 11.5 Å². The zero-order valence-corrected chi connectivity index (χ0v) is 11.1. The van der Waals surface area contributed by atoms with Gasteiger partial charge in [-0.2, -0.15) is 0 Å². The third kappa shape index (κ3) is 2.18. The number of carboxylic acid groups (broad SMARTS) is 1. The third-order valence-electron chi connectivity index (χ3n) is 3.16. The normalized spacial score (nSPS) is 12.8. The van der Waals surface area contributed by atoms with Gasteiger partial charge in [-0.15, -0.1) is 0 Å². The Morgan fingerprint density at radius 2 is 2.00 bits per heavy atom. The van der Waals surface area contributed by atoms with Gasteiger partial charge >= 0.3 is 11.7 Å². The molecular weight excluding hydrogens is 262 g/mol. The average Bonchev–Trinajstić information content (AvgIpc) is 2.64. The number of fused-ring (bicyclic) bond motifs is 1. The molecule has 7 heteroatoms. The number of H-pyrrole nitrogens is 1. The van der Waals surface area contributed by atoms with Crippen molar-refractivity contribution in [2.24, 2.45) is 11.7 Å². The number of rotatable bonds is 4. The summed E-state index contributed by atoms with van der Waals surface area (Å²) >= 11 is 0. The van der Waals surface area contributed by atoms with Gasteiger partial charge in [-0.25, -0.2) is 9.59 Å². The molecule has 1 amide bonds. The van der Waals surface area contributed by atoms with E-state index < -0.39 is 23.6 Å². The maximum atomic E-state index is 12.0. The van der Waals surface area contributed by atoms with Crippen LogP contribution in [0.15, 0.2) is 23.0 Å². The number of imidazole rings is 1. The molecule has 0 aliphatic carbocycles. The van der Waals surface area contributed by atoms with Crippen molar-refractivity contribution in [2.75, 3.05) is 0 Å². The number of hydrogen-bond donors (Lipinski definition) is 3. The zero-order valence-electron chi connectivity index (χ0n) is 11.1. The van der Waals surface area contributed by atoms with Crippen LogP contribution in [-0.4, -0.2) is 26.5 Å². The van der Waals surface area contributed by atoms with Crippen LogP contribution in [0.2, 0.25) is 0 Å². The molecule has 7 nitrogen and oxygen atoms in total. The number of primary amides is 1. The molecule has 106 valence electrons. The van der Waals surface area contributed by atoms with Crippen molar-refractivity contribution in [1.29, 1.82) is 0 Å². The molecule has 1 atom stereocenters. The minimum atomic E-state index is -1.09. The predicted octanol–water partition coefficient (Wildman–Crippen LogP) is 0.710. The second-order valence-corrected chi connectivity index (χ2v) is 4.93. The highest BCUT2D eigenvalue weighted by molar-refractivity contribution is 5.92. The predicted molar refractivity (Wildman–Crippen MR) is 72.6 cm³/mol. The fourth-order valence-corrected chi connectivity index (χ4v) is 2.29. The lowest BCUT2D eigenvalue weighted by Gasteiger charge is -2.18. The molecule has 2 aromatic rings. The van der Waals surface area contributed by atoms with Crippen molar-refractivity contribution in [3.63, 3.8) is 0 Å². The summed E-state index contributed by atoms with van der Waals surface area (Å²) in [6.07, 6.45) is 0. The summed E-state index contributed by atoms with van der Waals surface area (Å²) in [6, 6.07) is 3.45. The molecule has 0 aliphatic rings. The highest BCUT2D eigenvalue weighted by atomic mass is 16.4. The molecule has 0 saturated heterocycles. The molecular formula is C13H15N3O4. The molecule has 0 aliphatic heterocycles. The number of carbonyl (C=O) groups excluding carboxylic acids is 1. The molecule has 1 aromatic carbocycles. The highest BCUT2D eigenvalue weighted by Crippen LogP contribution is 2.21. The van der Waals surface area contributed by atoms with Crippen molar-refractivity contribution in [1.82, 2.24) is 9.55 Å². The van der Waals surface area contributed by atoms with E-state index in [1.165, 1.54) is 22.8 Å². The maximum absolute atomic E-state index is 12.0. The van der Waals surface area contributed by atoms with E-state index in [0.29, 0.717) is 11.0 Å². The first-order valence-corrected chi connectivity index (χ1v) is 6.09. The molecule has 2 rings (SSSR count). The van der Waals surface area contributed by atoms with E-state index in [2.05, 4.69) is 4.98 Å². The monoisotopic (exact) mass is 277 g/mol. The molecule has 20 heavy (non-hydrogen) atoms. The van der Waals surface area contributed by atoms with Gasteiger partial charge in [0.05, 0.1) is 16.6 Å². The van der Waals surface area contributed by atoms with Crippen LogP contribution in [-0.2, 0) is 4.79 Å². The fourth-order valence-electron chi connectivity index (χ4n) is 2.29. The van der Waals surface area contributed by atoms with E-state index >= 15 is 0 Å². The van der Waals surface area contributed by atoms with E-state index in [1.807, 2.05) is 0 Å². The van der Waals surface area contributed by atoms with Crippen molar-refractivity contribution < 1.29 is 14.7 Å². The summed E-state index contributed by atoms with van der Waals surface area (Å²) in [5.74, 6) is -1.86. The summed E-state index contributed by atoms with van der Waals surface area (Å²) in [4.78, 5) is 37.0. The molecule has 0 saturated carbocycles. The smallest absolute Gasteiger partial charge is 0.335 e. The van der Waals surface area contributed by atoms with Gasteiger partial charge < -0.3 is 15.8 Å². The second kappa shape index (κ2) is 4.84. The summed E-state index contributed by atoms with van der Waals surface area (Å²) in [5.41, 5.74) is 5.75. The van der Waals surface area contributed by atoms with Gasteiger partial charge in [-0.3, -0.25) is 9.36 Å². The van der Waals surface area contributed by atoms with E-state index in [4.69, 9.17) is 10.8 Å². The summed E-state index contributed by atoms with van der Waals surface area (Å²) in [6.45, 7) is 3.57. The highest BCUT2D eigenvalue weighted by Gasteiger charge is 2.25. The van der Waals surface area contributed by atoms with Crippen LogP contribution in [0.1, 0.15) is 30.2 Å². The average molecular weight is 277 g/mol. The van der Waals surface area contributed by atoms with Gasteiger partial charge in [0.1, 0.15) is 6.04 Å². The number of carbonyl (C=O) groups is 2. The number of amides is 1. The first-order chi connectivity index (χ1) is 9.32. The second-order valence-electron chi connectivity index (χ2n) is 4.93. The van der Waals surface area contributed by atoms with E-state index in [1.54, 1.807) is 13.8 Å². The Bertz CT molecular complexity index is 742. The number of aromatic amines is 1. The van der Waals surface area contributed by atoms with Gasteiger partial charge in [-0.05, 0) is 24.1 Å². The van der Waals surface area contributed by atoms with E-state index in [9.17, 15) is 14.4 Å². The third-order valence-corrected chi connectivity index (χ3v) is 3.16. The Labute approximate surface area is 114 Å². The molecule has 0 bridgehead atoms. The lowest BCUT2D eigenvalue weighted by Crippen LogP contribution is -2.35. The SMILES string of the molecule is CC(C)C(C(N)=O)n1c(=O)[nH]c2cc(C(=O)O)ccc21. The molecule has 0 spiro atoms. The fraction of sp³-hybridized carbons (Fsp3) is 0.308. The zero-order chi connectivity index (χ0) is 15.0. The first-order valence-electron chi connectivity index (χ1n) is 6.09. The van der Waals surface area contributed by atoms with Crippen LogP contribution in [0.3, 0.4) is 0 Å². The van der Waals surface area contributed by atoms with Gasteiger partial charge in [-0.1, -0.05) is 13.8 Å². The quantitative estimate of drug-likeness (QED) is 0.762. The van der Waals surface area contributed by atoms with Crippen LogP contribution in [0.4, 0.5) is 0 Å². The Balaban J connectivity index is 2.71. The summed E-state index contributed by atoms with van der Waals surface area (Å²) < 4.78 is 1.27. The van der Waals surface area contributed by atoms with Crippen LogP contribution in [0.5, 0.6) is 0 Å². The molecule has 0 fully saturated rings. The van der Waals surface area contributed by atoms with Gasteiger partial charge in [0, 0.05) is 0 Å². The number of aromatic carboxylic acids is 1. The Hall–Kier alpha value is -2.57. The number of hydrogen-bond acceptors (Lipinski definition) is 3. The number of aromatic nitrogens is 2. The number of nitrogens with one attached hydrogen (secondary N) is 1. The van der Waals surface area contributed by atoms with Crippen molar-refractivity contribution in [3.8, 4) is 0 Å². The Morgan fingerprint density at radius 3 is 2.50 bits per heavy atom. The lowest BCUT2D eigenvalue weighted by molar-refractivity contribution is -0.122. The molecule has 1 unspecified atom stereocenters. The largest absolute Gasteiger partial charge is 0.478 e. The van der Waals surface area contributed by atoms with Gasteiger partial charge in [0.25, 0.3) is 0 Å². The number of nitrogens with two attached hydrogens (primary N) is 1. The van der Waals surface area contributed by atoms with Crippen molar-refractivity contribution in [3.05, 3.63) is 34.2 Å². The molecule has 4 N–H and O–H groups in total. The summed E-state index contributed by atoms with van der Waals surface area (Å²) in [7, 11) is 0. The standard InChI is InChI=1S/C13H15N3O4/c1-6(2)10(11(14)17)16-9-4-3-7(12(18)19)5-8(9)15-13(16)20/h3-6,10H,1-2H3,(H2,14,17)(H,15,20)(H,18,19). The molecule has 0 radical (unpaired) electrons. The lowest BCUT2D eigenvalue weighted by atomic mass is 10.0. The van der Waals surface area contributed by atoms with Crippen molar-refractivity contribution in [2.45, 2.75) is 19.9 Å². The van der Waals surface area contributed by atoms with E-state index in [0.717, 1.165) is 0 Å². The summed E-state index contributed by atoms with van der Waals surface area (Å²) in [5, 5.41) is 8.93. The van der Waals surface area contributed by atoms with Gasteiger partial charge in [0.15, 0.2) is 0 Å².